The van der Waals surface area contributed by atoms with Crippen LogP contribution in [0.2, 0.25) is 0 Å². The number of rotatable bonds is 4. The minimum absolute atomic E-state index is 0.258. The van der Waals surface area contributed by atoms with Crippen molar-refractivity contribution in [3.05, 3.63) is 30.1 Å². The smallest absolute Gasteiger partial charge is 0.216 e. The first-order valence-corrected chi connectivity index (χ1v) is 8.45. The van der Waals surface area contributed by atoms with Gasteiger partial charge in [0.05, 0.1) is 5.25 Å². The summed E-state index contributed by atoms with van der Waals surface area (Å²) in [7, 11) is -3.18. The number of anilines is 1. The fourth-order valence-corrected chi connectivity index (χ4v) is 3.92. The van der Waals surface area contributed by atoms with E-state index >= 15 is 0 Å². The summed E-state index contributed by atoms with van der Waals surface area (Å²) in [5.74, 6) is -0.258. The van der Waals surface area contributed by atoms with Crippen LogP contribution in [0.4, 0.5) is 10.1 Å². The first-order valence-electron chi connectivity index (χ1n) is 6.94. The molecule has 1 heterocycles. The molecule has 2 rings (SSSR count). The molecule has 1 aliphatic heterocycles. The van der Waals surface area contributed by atoms with Crippen molar-refractivity contribution >= 4 is 15.7 Å². The summed E-state index contributed by atoms with van der Waals surface area (Å²) >= 11 is 0. The van der Waals surface area contributed by atoms with Gasteiger partial charge < -0.3 is 4.90 Å². The van der Waals surface area contributed by atoms with Crippen molar-refractivity contribution in [2.24, 2.45) is 0 Å². The topological polar surface area (TPSA) is 40.6 Å². The van der Waals surface area contributed by atoms with E-state index in [9.17, 15) is 12.8 Å². The Hall–Kier alpha value is -1.14. The van der Waals surface area contributed by atoms with E-state index in [2.05, 4.69) is 4.90 Å². The van der Waals surface area contributed by atoms with Crippen LogP contribution < -0.4 is 4.90 Å². The molecule has 0 aromatic heterocycles. The van der Waals surface area contributed by atoms with Crippen LogP contribution in [-0.2, 0) is 10.0 Å². The second-order valence-corrected chi connectivity index (χ2v) is 7.48. The van der Waals surface area contributed by atoms with Gasteiger partial charge in [-0.1, -0.05) is 6.92 Å². The number of piperazine rings is 1. The molecule has 0 bridgehead atoms. The van der Waals surface area contributed by atoms with E-state index in [1.165, 1.54) is 12.1 Å². The summed E-state index contributed by atoms with van der Waals surface area (Å²) in [4.78, 5) is 2.09. The number of hydrogen-bond acceptors (Lipinski definition) is 3. The van der Waals surface area contributed by atoms with Crippen LogP contribution in [0.5, 0.6) is 0 Å². The molecule has 1 aromatic carbocycles. The molecule has 1 atom stereocenters. The zero-order valence-electron chi connectivity index (χ0n) is 11.9. The molecule has 112 valence electrons. The molecular formula is C14H21FN2O2S. The average molecular weight is 300 g/mol. The van der Waals surface area contributed by atoms with E-state index in [0.717, 1.165) is 5.69 Å². The van der Waals surface area contributed by atoms with E-state index in [1.54, 1.807) is 23.4 Å². The first-order chi connectivity index (χ1) is 9.45. The van der Waals surface area contributed by atoms with Crippen LogP contribution in [0.25, 0.3) is 0 Å². The Labute approximate surface area is 120 Å². The molecule has 6 heteroatoms. The van der Waals surface area contributed by atoms with Gasteiger partial charge in [0.25, 0.3) is 0 Å². The summed E-state index contributed by atoms with van der Waals surface area (Å²) in [5.41, 5.74) is 0.937. The molecule has 1 aliphatic rings. The molecule has 0 amide bonds. The first kappa shape index (κ1) is 15.3. The molecule has 4 nitrogen and oxygen atoms in total. The molecule has 0 aliphatic carbocycles. The second-order valence-electron chi connectivity index (χ2n) is 5.13. The highest BCUT2D eigenvalue weighted by atomic mass is 32.2. The molecule has 0 N–H and O–H groups in total. The lowest BCUT2D eigenvalue weighted by atomic mass is 10.2. The largest absolute Gasteiger partial charge is 0.369 e. The Morgan fingerprint density at radius 3 is 2.20 bits per heavy atom. The Bertz CT molecular complexity index is 537. The monoisotopic (exact) mass is 300 g/mol. The van der Waals surface area contributed by atoms with E-state index in [-0.39, 0.29) is 11.1 Å². The van der Waals surface area contributed by atoms with Crippen LogP contribution >= 0.6 is 0 Å². The van der Waals surface area contributed by atoms with Gasteiger partial charge in [0, 0.05) is 31.9 Å². The van der Waals surface area contributed by atoms with Crippen LogP contribution in [0.3, 0.4) is 0 Å². The molecule has 1 saturated heterocycles. The Kier molecular flexibility index (Phi) is 4.65. The SMILES string of the molecule is CCC(C)S(=O)(=O)N1CCN(c2ccc(F)cc2)CC1. The Morgan fingerprint density at radius 2 is 1.70 bits per heavy atom. The van der Waals surface area contributed by atoms with Crippen molar-refractivity contribution in [3.63, 3.8) is 0 Å². The van der Waals surface area contributed by atoms with Crippen molar-refractivity contribution in [1.29, 1.82) is 0 Å². The lowest BCUT2D eigenvalue weighted by Crippen LogP contribution is -2.50. The van der Waals surface area contributed by atoms with Gasteiger partial charge >= 0.3 is 0 Å². The normalized spacial score (nSPS) is 19.1. The van der Waals surface area contributed by atoms with E-state index < -0.39 is 10.0 Å². The zero-order valence-corrected chi connectivity index (χ0v) is 12.7. The summed E-state index contributed by atoms with van der Waals surface area (Å²) in [6, 6.07) is 6.32. The van der Waals surface area contributed by atoms with Gasteiger partial charge in [-0.15, -0.1) is 0 Å². The number of hydrogen-bond donors (Lipinski definition) is 0. The molecule has 0 radical (unpaired) electrons. The summed E-state index contributed by atoms with van der Waals surface area (Å²) in [5, 5.41) is -0.333. The van der Waals surface area contributed by atoms with Gasteiger partial charge in [-0.05, 0) is 37.6 Å². The lowest BCUT2D eigenvalue weighted by Gasteiger charge is -2.36. The molecule has 1 fully saturated rings. The number of halogens is 1. The fourth-order valence-electron chi connectivity index (χ4n) is 2.32. The van der Waals surface area contributed by atoms with Gasteiger partial charge in [0.15, 0.2) is 0 Å². The van der Waals surface area contributed by atoms with Crippen molar-refractivity contribution in [1.82, 2.24) is 4.31 Å². The van der Waals surface area contributed by atoms with Gasteiger partial charge in [0.2, 0.25) is 10.0 Å². The number of benzene rings is 1. The number of nitrogens with zero attached hydrogens (tertiary/aromatic N) is 2. The van der Waals surface area contributed by atoms with Crippen LogP contribution in [0.1, 0.15) is 20.3 Å². The summed E-state index contributed by atoms with van der Waals surface area (Å²) in [6.45, 7) is 5.90. The van der Waals surface area contributed by atoms with Crippen molar-refractivity contribution in [3.8, 4) is 0 Å². The second kappa shape index (κ2) is 6.10. The van der Waals surface area contributed by atoms with E-state index in [4.69, 9.17) is 0 Å². The Morgan fingerprint density at radius 1 is 1.15 bits per heavy atom. The maximum absolute atomic E-state index is 12.9. The van der Waals surface area contributed by atoms with Crippen LogP contribution in [-0.4, -0.2) is 44.2 Å². The highest BCUT2D eigenvalue weighted by Crippen LogP contribution is 2.20. The molecule has 1 aromatic rings. The van der Waals surface area contributed by atoms with Gasteiger partial charge in [-0.3, -0.25) is 0 Å². The predicted molar refractivity (Wildman–Crippen MR) is 78.9 cm³/mol. The van der Waals surface area contributed by atoms with Crippen molar-refractivity contribution in [2.45, 2.75) is 25.5 Å². The fraction of sp³-hybridized carbons (Fsp3) is 0.571. The van der Waals surface area contributed by atoms with E-state index in [0.29, 0.717) is 32.6 Å². The maximum Gasteiger partial charge on any atom is 0.216 e. The van der Waals surface area contributed by atoms with Gasteiger partial charge in [-0.25, -0.2) is 12.8 Å². The summed E-state index contributed by atoms with van der Waals surface area (Å²) in [6.07, 6.45) is 0.626. The molecule has 0 saturated carbocycles. The quantitative estimate of drug-likeness (QED) is 0.855. The summed E-state index contributed by atoms with van der Waals surface area (Å²) < 4.78 is 39.0. The highest BCUT2D eigenvalue weighted by Gasteiger charge is 2.30. The van der Waals surface area contributed by atoms with Crippen molar-refractivity contribution < 1.29 is 12.8 Å². The average Bonchev–Trinajstić information content (AvgIpc) is 2.47. The molecule has 20 heavy (non-hydrogen) atoms. The third kappa shape index (κ3) is 3.12. The van der Waals surface area contributed by atoms with Crippen LogP contribution in [0, 0.1) is 5.82 Å². The van der Waals surface area contributed by atoms with E-state index in [1.807, 2.05) is 6.92 Å². The van der Waals surface area contributed by atoms with Crippen molar-refractivity contribution in [2.75, 3.05) is 31.1 Å². The van der Waals surface area contributed by atoms with Gasteiger partial charge in [0.1, 0.15) is 5.82 Å². The third-order valence-corrected chi connectivity index (χ3v) is 6.31. The Balaban J connectivity index is 2.01. The van der Waals surface area contributed by atoms with Gasteiger partial charge in [-0.2, -0.15) is 4.31 Å². The lowest BCUT2D eigenvalue weighted by molar-refractivity contribution is 0.379. The third-order valence-electron chi connectivity index (χ3n) is 3.87. The predicted octanol–water partition coefficient (Wildman–Crippen LogP) is 2.08. The molecule has 0 spiro atoms. The van der Waals surface area contributed by atoms with Crippen LogP contribution in [0.15, 0.2) is 24.3 Å². The minimum atomic E-state index is -3.18. The minimum Gasteiger partial charge on any atom is -0.369 e. The molecular weight excluding hydrogens is 279 g/mol. The standard InChI is InChI=1S/C14H21FN2O2S/c1-3-12(2)20(18,19)17-10-8-16(9-11-17)14-6-4-13(15)5-7-14/h4-7,12H,3,8-11H2,1-2H3. The number of sulfonamides is 1. The maximum atomic E-state index is 12.9. The molecule has 1 unspecified atom stereocenters. The highest BCUT2D eigenvalue weighted by molar-refractivity contribution is 7.89. The zero-order chi connectivity index (χ0) is 14.8.